The van der Waals surface area contributed by atoms with Crippen LogP contribution in [0.2, 0.25) is 0 Å². The summed E-state index contributed by atoms with van der Waals surface area (Å²) in [5, 5.41) is 3.10. The van der Waals surface area contributed by atoms with Gasteiger partial charge >= 0.3 is 0 Å². The van der Waals surface area contributed by atoms with E-state index in [2.05, 4.69) is 46.7 Å². The minimum Gasteiger partial charge on any atom is -0.435 e. The largest absolute Gasteiger partial charge is 0.435 e. The molecule has 1 amide bonds. The SMILES string of the molecule is CC(Cc1ccc(-c2ccccc2)cc1)NC(=O)c1nc(-c2ccccc2)oc1-c1ccccc1. The predicted molar refractivity (Wildman–Crippen MR) is 140 cm³/mol. The number of nitrogens with one attached hydrogen (secondary N) is 1. The van der Waals surface area contributed by atoms with Crippen LogP contribution in [0.4, 0.5) is 0 Å². The number of amides is 1. The Labute approximate surface area is 205 Å². The minimum absolute atomic E-state index is 0.0782. The number of benzene rings is 4. The molecule has 0 aliphatic heterocycles. The number of carbonyl (C=O) groups excluding carboxylic acids is 1. The van der Waals surface area contributed by atoms with Crippen LogP contribution in [-0.4, -0.2) is 16.9 Å². The Morgan fingerprint density at radius 2 is 1.23 bits per heavy atom. The van der Waals surface area contributed by atoms with Gasteiger partial charge in [0.05, 0.1) is 0 Å². The van der Waals surface area contributed by atoms with Gasteiger partial charge in [0.2, 0.25) is 5.89 Å². The number of nitrogens with zero attached hydrogens (tertiary/aromatic N) is 1. The van der Waals surface area contributed by atoms with Crippen molar-refractivity contribution in [3.05, 3.63) is 127 Å². The van der Waals surface area contributed by atoms with Gasteiger partial charge in [-0.3, -0.25) is 4.79 Å². The number of aromatic nitrogens is 1. The van der Waals surface area contributed by atoms with Crippen LogP contribution in [-0.2, 0) is 6.42 Å². The molecule has 0 fully saturated rings. The number of hydrogen-bond acceptors (Lipinski definition) is 3. The second-order valence-corrected chi connectivity index (χ2v) is 8.57. The molecule has 0 aliphatic carbocycles. The average Bonchev–Trinajstić information content (AvgIpc) is 3.37. The van der Waals surface area contributed by atoms with E-state index in [0.717, 1.165) is 16.7 Å². The fourth-order valence-electron chi connectivity index (χ4n) is 4.12. The molecule has 172 valence electrons. The molecule has 4 heteroatoms. The highest BCUT2D eigenvalue weighted by molar-refractivity contribution is 5.98. The van der Waals surface area contributed by atoms with Gasteiger partial charge in [0.1, 0.15) is 0 Å². The van der Waals surface area contributed by atoms with Crippen LogP contribution < -0.4 is 5.32 Å². The van der Waals surface area contributed by atoms with Crippen molar-refractivity contribution >= 4 is 5.91 Å². The zero-order valence-electron chi connectivity index (χ0n) is 19.5. The third-order valence-electron chi connectivity index (χ3n) is 5.88. The maximum absolute atomic E-state index is 13.3. The Hall–Kier alpha value is -4.44. The first kappa shape index (κ1) is 22.4. The molecule has 0 saturated heterocycles. The fraction of sp³-hybridized carbons (Fsp3) is 0.0968. The minimum atomic E-state index is -0.247. The van der Waals surface area contributed by atoms with Gasteiger partial charge < -0.3 is 9.73 Å². The summed E-state index contributed by atoms with van der Waals surface area (Å²) in [5.41, 5.74) is 5.46. The van der Waals surface area contributed by atoms with Crippen LogP contribution >= 0.6 is 0 Å². The molecule has 0 radical (unpaired) electrons. The lowest BCUT2D eigenvalue weighted by Crippen LogP contribution is -2.34. The fourth-order valence-corrected chi connectivity index (χ4v) is 4.12. The molecular formula is C31H26N2O2. The molecule has 0 spiro atoms. The average molecular weight is 459 g/mol. The van der Waals surface area contributed by atoms with Gasteiger partial charge in [-0.1, -0.05) is 103 Å². The normalized spacial score (nSPS) is 11.7. The van der Waals surface area contributed by atoms with E-state index in [1.54, 1.807) is 0 Å². The van der Waals surface area contributed by atoms with Gasteiger partial charge in [-0.15, -0.1) is 0 Å². The summed E-state index contributed by atoms with van der Waals surface area (Å²) in [6.07, 6.45) is 0.713. The molecule has 35 heavy (non-hydrogen) atoms. The summed E-state index contributed by atoms with van der Waals surface area (Å²) < 4.78 is 6.09. The van der Waals surface area contributed by atoms with Crippen molar-refractivity contribution in [2.24, 2.45) is 0 Å². The van der Waals surface area contributed by atoms with Crippen molar-refractivity contribution in [2.75, 3.05) is 0 Å². The van der Waals surface area contributed by atoms with Crippen molar-refractivity contribution in [3.8, 4) is 33.9 Å². The van der Waals surface area contributed by atoms with E-state index >= 15 is 0 Å². The number of hydrogen-bond donors (Lipinski definition) is 1. The first-order valence-corrected chi connectivity index (χ1v) is 11.7. The molecule has 4 aromatic carbocycles. The molecule has 5 rings (SSSR count). The zero-order valence-corrected chi connectivity index (χ0v) is 19.5. The van der Waals surface area contributed by atoms with Gasteiger partial charge in [-0.25, -0.2) is 4.98 Å². The lowest BCUT2D eigenvalue weighted by Gasteiger charge is -2.14. The van der Waals surface area contributed by atoms with Crippen molar-refractivity contribution < 1.29 is 9.21 Å². The summed E-state index contributed by atoms with van der Waals surface area (Å²) in [6.45, 7) is 2.00. The van der Waals surface area contributed by atoms with Crippen LogP contribution in [0.1, 0.15) is 23.0 Å². The first-order valence-electron chi connectivity index (χ1n) is 11.7. The van der Waals surface area contributed by atoms with Gasteiger partial charge in [-0.2, -0.15) is 0 Å². The highest BCUT2D eigenvalue weighted by Gasteiger charge is 2.23. The van der Waals surface area contributed by atoms with Gasteiger partial charge in [0.15, 0.2) is 11.5 Å². The van der Waals surface area contributed by atoms with E-state index in [9.17, 15) is 4.79 Å². The van der Waals surface area contributed by atoms with E-state index in [4.69, 9.17) is 4.42 Å². The Bertz CT molecular complexity index is 1390. The highest BCUT2D eigenvalue weighted by atomic mass is 16.4. The highest BCUT2D eigenvalue weighted by Crippen LogP contribution is 2.30. The molecular weight excluding hydrogens is 432 g/mol. The summed E-state index contributed by atoms with van der Waals surface area (Å²) in [7, 11) is 0. The quantitative estimate of drug-likeness (QED) is 0.285. The Morgan fingerprint density at radius 3 is 1.83 bits per heavy atom. The maximum Gasteiger partial charge on any atom is 0.274 e. The van der Waals surface area contributed by atoms with Crippen LogP contribution in [0.3, 0.4) is 0 Å². The molecule has 0 bridgehead atoms. The maximum atomic E-state index is 13.3. The van der Waals surface area contributed by atoms with Crippen molar-refractivity contribution in [1.29, 1.82) is 0 Å². The summed E-state index contributed by atoms with van der Waals surface area (Å²) in [4.78, 5) is 17.9. The second-order valence-electron chi connectivity index (χ2n) is 8.57. The summed E-state index contributed by atoms with van der Waals surface area (Å²) >= 11 is 0. The topological polar surface area (TPSA) is 55.1 Å². The smallest absolute Gasteiger partial charge is 0.274 e. The van der Waals surface area contributed by atoms with Crippen LogP contribution in [0.15, 0.2) is 120 Å². The van der Waals surface area contributed by atoms with E-state index in [0.29, 0.717) is 23.8 Å². The Morgan fingerprint density at radius 1 is 0.714 bits per heavy atom. The number of oxazole rings is 1. The zero-order chi connectivity index (χ0) is 24.0. The van der Waals surface area contributed by atoms with Crippen LogP contribution in [0, 0.1) is 0 Å². The molecule has 5 aromatic rings. The Balaban J connectivity index is 1.34. The summed E-state index contributed by atoms with van der Waals surface area (Å²) in [6, 6.07) is 37.9. The molecule has 0 saturated carbocycles. The molecule has 1 N–H and O–H groups in total. The molecule has 1 aromatic heterocycles. The van der Waals surface area contributed by atoms with Crippen molar-refractivity contribution in [1.82, 2.24) is 10.3 Å². The molecule has 4 nitrogen and oxygen atoms in total. The van der Waals surface area contributed by atoms with Crippen molar-refractivity contribution in [3.63, 3.8) is 0 Å². The van der Waals surface area contributed by atoms with E-state index in [1.807, 2.05) is 85.8 Å². The predicted octanol–water partition coefficient (Wildman–Crippen LogP) is 7.04. The standard InChI is InChI=1S/C31H26N2O2/c1-22(21-23-17-19-25(20-18-23)24-11-5-2-6-12-24)32-30(34)28-29(26-13-7-3-8-14-26)35-31(33-28)27-15-9-4-10-16-27/h2-20,22H,21H2,1H3,(H,32,34). The lowest BCUT2D eigenvalue weighted by atomic mass is 10.0. The number of carbonyl (C=O) groups is 1. The van der Waals surface area contributed by atoms with E-state index in [1.165, 1.54) is 11.1 Å². The number of rotatable bonds is 7. The van der Waals surface area contributed by atoms with Gasteiger partial charge in [-0.05, 0) is 42.2 Å². The van der Waals surface area contributed by atoms with Gasteiger partial charge in [0, 0.05) is 17.2 Å². The molecule has 1 unspecified atom stereocenters. The first-order chi connectivity index (χ1) is 17.2. The van der Waals surface area contributed by atoms with Crippen LogP contribution in [0.5, 0.6) is 0 Å². The monoisotopic (exact) mass is 458 g/mol. The van der Waals surface area contributed by atoms with E-state index in [-0.39, 0.29) is 11.9 Å². The second kappa shape index (κ2) is 10.2. The van der Waals surface area contributed by atoms with E-state index < -0.39 is 0 Å². The van der Waals surface area contributed by atoms with Gasteiger partial charge in [0.25, 0.3) is 5.91 Å². The lowest BCUT2D eigenvalue weighted by molar-refractivity contribution is 0.0936. The third-order valence-corrected chi connectivity index (χ3v) is 5.88. The van der Waals surface area contributed by atoms with Crippen molar-refractivity contribution in [2.45, 2.75) is 19.4 Å². The Kier molecular flexibility index (Phi) is 6.53. The molecule has 1 atom stereocenters. The third kappa shape index (κ3) is 5.22. The van der Waals surface area contributed by atoms with Crippen LogP contribution in [0.25, 0.3) is 33.9 Å². The summed E-state index contributed by atoms with van der Waals surface area (Å²) in [5.74, 6) is 0.656. The molecule has 0 aliphatic rings. The molecule has 1 heterocycles.